The van der Waals surface area contributed by atoms with Gasteiger partial charge < -0.3 is 25.3 Å². The summed E-state index contributed by atoms with van der Waals surface area (Å²) in [5.74, 6) is -0.114. The number of aromatic nitrogens is 4. The highest BCUT2D eigenvalue weighted by molar-refractivity contribution is 6.09. The zero-order valence-corrected chi connectivity index (χ0v) is 20.2. The van der Waals surface area contributed by atoms with Crippen LogP contribution in [0.5, 0.6) is 5.75 Å². The van der Waals surface area contributed by atoms with Gasteiger partial charge in [-0.05, 0) is 43.7 Å². The van der Waals surface area contributed by atoms with Crippen LogP contribution in [-0.4, -0.2) is 51.5 Å². The zero-order valence-electron chi connectivity index (χ0n) is 20.2. The van der Waals surface area contributed by atoms with Gasteiger partial charge in [0.1, 0.15) is 34.2 Å². The molecule has 186 valence electrons. The lowest BCUT2D eigenvalue weighted by Gasteiger charge is -2.22. The molecule has 1 saturated heterocycles. The van der Waals surface area contributed by atoms with Crippen LogP contribution >= 0.6 is 0 Å². The minimum atomic E-state index is -0.710. The molecule has 0 aliphatic carbocycles. The predicted octanol–water partition coefficient (Wildman–Crippen LogP) is 2.37. The average Bonchev–Trinajstić information content (AvgIpc) is 3.41. The summed E-state index contributed by atoms with van der Waals surface area (Å²) in [7, 11) is 3.34. The number of nitrogens with one attached hydrogen (secondary N) is 1. The number of benzene rings is 2. The number of nitrogens with two attached hydrogens (primary N) is 1. The molecule has 1 amide bonds. The van der Waals surface area contributed by atoms with E-state index in [1.54, 1.807) is 6.07 Å². The van der Waals surface area contributed by atoms with Gasteiger partial charge in [-0.25, -0.2) is 9.37 Å². The topological polar surface area (TPSA) is 120 Å². The average molecular weight is 492 g/mol. The number of carbonyl (C=O) groups is 1. The molecule has 1 aliphatic heterocycles. The van der Waals surface area contributed by atoms with Crippen LogP contribution < -0.4 is 26.2 Å². The normalized spacial score (nSPS) is 15.5. The predicted molar refractivity (Wildman–Crippen MR) is 135 cm³/mol. The maximum absolute atomic E-state index is 13.9. The van der Waals surface area contributed by atoms with Crippen LogP contribution in [0, 0.1) is 12.7 Å². The molecule has 0 bridgehead atoms. The van der Waals surface area contributed by atoms with Crippen molar-refractivity contribution in [1.29, 1.82) is 0 Å². The molecule has 3 heterocycles. The van der Waals surface area contributed by atoms with Crippen LogP contribution in [0.4, 0.5) is 15.8 Å². The number of carbonyl (C=O) groups excluding carboxylic acids is 1. The van der Waals surface area contributed by atoms with Crippen LogP contribution in [0.3, 0.4) is 0 Å². The molecule has 11 heteroatoms. The third-order valence-electron chi connectivity index (χ3n) is 6.50. The SMILES string of the molecule is COc1ccc(F)cc1-n1nccc(C(=O)Nc2ccc3c(nc(C)n3C)c2N2CC[C@H](N)C2)c1=O. The van der Waals surface area contributed by atoms with Crippen molar-refractivity contribution in [2.24, 2.45) is 12.8 Å². The van der Waals surface area contributed by atoms with E-state index >= 15 is 0 Å². The number of imidazole rings is 1. The first-order valence-electron chi connectivity index (χ1n) is 11.5. The zero-order chi connectivity index (χ0) is 25.6. The monoisotopic (exact) mass is 491 g/mol. The minimum absolute atomic E-state index is 0.0160. The van der Waals surface area contributed by atoms with Crippen molar-refractivity contribution in [1.82, 2.24) is 19.3 Å². The fourth-order valence-electron chi connectivity index (χ4n) is 4.55. The van der Waals surface area contributed by atoms with E-state index in [9.17, 15) is 14.0 Å². The Kier molecular flexibility index (Phi) is 5.92. The Bertz CT molecular complexity index is 1540. The number of halogens is 1. The van der Waals surface area contributed by atoms with Crippen molar-refractivity contribution in [3.63, 3.8) is 0 Å². The standard InChI is InChI=1S/C25H26FN7O3/c1-14-29-22-19(31(14)2)6-5-18(23(22)32-11-9-16(27)13-32)30-24(34)17-8-10-28-33(25(17)35)20-12-15(26)4-7-21(20)36-3/h4-8,10,12,16H,9,11,13,27H2,1-3H3,(H,30,34)/t16-/m0/s1. The highest BCUT2D eigenvalue weighted by Gasteiger charge is 2.27. The van der Waals surface area contributed by atoms with Crippen LogP contribution in [0.25, 0.3) is 16.7 Å². The Balaban J connectivity index is 1.57. The molecule has 0 unspecified atom stereocenters. The molecule has 10 nitrogen and oxygen atoms in total. The van der Waals surface area contributed by atoms with Gasteiger partial charge in [0.2, 0.25) is 0 Å². The van der Waals surface area contributed by atoms with Crippen molar-refractivity contribution in [2.75, 3.05) is 30.4 Å². The smallest absolute Gasteiger partial charge is 0.284 e. The third kappa shape index (κ3) is 3.97. The number of aryl methyl sites for hydroxylation is 2. The first kappa shape index (κ1) is 23.5. The van der Waals surface area contributed by atoms with Crippen molar-refractivity contribution in [2.45, 2.75) is 19.4 Å². The first-order chi connectivity index (χ1) is 17.3. The van der Waals surface area contributed by atoms with E-state index in [-0.39, 0.29) is 23.0 Å². The molecule has 0 radical (unpaired) electrons. The highest BCUT2D eigenvalue weighted by Crippen LogP contribution is 2.36. The van der Waals surface area contributed by atoms with Gasteiger partial charge in [-0.2, -0.15) is 9.78 Å². The summed E-state index contributed by atoms with van der Waals surface area (Å²) in [6.07, 6.45) is 2.13. The van der Waals surface area contributed by atoms with Gasteiger partial charge in [-0.1, -0.05) is 0 Å². The molecule has 5 rings (SSSR count). The van der Waals surface area contributed by atoms with Crippen molar-refractivity contribution in [3.8, 4) is 11.4 Å². The highest BCUT2D eigenvalue weighted by atomic mass is 19.1. The number of fused-ring (bicyclic) bond motifs is 1. The third-order valence-corrected chi connectivity index (χ3v) is 6.50. The van der Waals surface area contributed by atoms with Crippen molar-refractivity contribution >= 4 is 28.3 Å². The second kappa shape index (κ2) is 9.08. The minimum Gasteiger partial charge on any atom is -0.494 e. The molecule has 3 N–H and O–H groups in total. The Morgan fingerprint density at radius 3 is 2.78 bits per heavy atom. The van der Waals surface area contributed by atoms with Gasteiger partial charge in [0.05, 0.1) is 24.0 Å². The Labute approximate surface area is 206 Å². The molecule has 2 aromatic heterocycles. The number of ether oxygens (including phenoxy) is 1. The molecule has 0 saturated carbocycles. The molecule has 2 aromatic carbocycles. The molecule has 1 aliphatic rings. The van der Waals surface area contributed by atoms with Crippen LogP contribution in [-0.2, 0) is 7.05 Å². The van der Waals surface area contributed by atoms with E-state index in [1.807, 2.05) is 24.6 Å². The quantitative estimate of drug-likeness (QED) is 0.440. The number of hydrogen-bond acceptors (Lipinski definition) is 7. The van der Waals surface area contributed by atoms with Gasteiger partial charge in [-0.15, -0.1) is 0 Å². The first-order valence-corrected chi connectivity index (χ1v) is 11.5. The van der Waals surface area contributed by atoms with Crippen LogP contribution in [0.15, 0.2) is 47.4 Å². The van der Waals surface area contributed by atoms with E-state index in [0.29, 0.717) is 12.2 Å². The molecule has 1 fully saturated rings. The van der Waals surface area contributed by atoms with Gasteiger partial charge in [0.25, 0.3) is 11.5 Å². The summed E-state index contributed by atoms with van der Waals surface area (Å²) in [6.45, 7) is 3.26. The van der Waals surface area contributed by atoms with Crippen LogP contribution in [0.1, 0.15) is 22.6 Å². The lowest BCUT2D eigenvalue weighted by molar-refractivity contribution is 0.102. The Morgan fingerprint density at radius 2 is 2.06 bits per heavy atom. The fraction of sp³-hybridized carbons (Fsp3) is 0.280. The molecule has 36 heavy (non-hydrogen) atoms. The summed E-state index contributed by atoms with van der Waals surface area (Å²) in [5.41, 5.74) is 8.35. The van der Waals surface area contributed by atoms with E-state index in [2.05, 4.69) is 15.3 Å². The lowest BCUT2D eigenvalue weighted by Crippen LogP contribution is -2.31. The van der Waals surface area contributed by atoms with E-state index in [0.717, 1.165) is 46.3 Å². The van der Waals surface area contributed by atoms with E-state index in [4.69, 9.17) is 15.5 Å². The van der Waals surface area contributed by atoms with Gasteiger partial charge >= 0.3 is 0 Å². The lowest BCUT2D eigenvalue weighted by atomic mass is 10.2. The Hall–Kier alpha value is -4.25. The van der Waals surface area contributed by atoms with Gasteiger partial charge in [0.15, 0.2) is 0 Å². The maximum atomic E-state index is 13.9. The summed E-state index contributed by atoms with van der Waals surface area (Å²) in [4.78, 5) is 33.4. The number of methoxy groups -OCH3 is 1. The van der Waals surface area contributed by atoms with Gasteiger partial charge in [-0.3, -0.25) is 9.59 Å². The van der Waals surface area contributed by atoms with Crippen LogP contribution in [0.2, 0.25) is 0 Å². The summed E-state index contributed by atoms with van der Waals surface area (Å²) >= 11 is 0. The molecular formula is C25H26FN7O3. The summed E-state index contributed by atoms with van der Waals surface area (Å²) < 4.78 is 22.1. The number of rotatable bonds is 5. The summed E-state index contributed by atoms with van der Waals surface area (Å²) in [5, 5.41) is 6.92. The number of anilines is 2. The van der Waals surface area contributed by atoms with Crippen molar-refractivity contribution in [3.05, 3.63) is 70.2 Å². The second-order valence-electron chi connectivity index (χ2n) is 8.77. The molecule has 0 spiro atoms. The largest absolute Gasteiger partial charge is 0.494 e. The molecule has 1 atom stereocenters. The van der Waals surface area contributed by atoms with E-state index < -0.39 is 17.3 Å². The number of nitrogens with zero attached hydrogens (tertiary/aromatic N) is 5. The number of hydrogen-bond donors (Lipinski definition) is 2. The second-order valence-corrected chi connectivity index (χ2v) is 8.77. The molecular weight excluding hydrogens is 465 g/mol. The van der Waals surface area contributed by atoms with E-state index in [1.165, 1.54) is 31.5 Å². The maximum Gasteiger partial charge on any atom is 0.284 e. The fourth-order valence-corrected chi connectivity index (χ4v) is 4.55. The molecule has 4 aromatic rings. The Morgan fingerprint density at radius 1 is 1.25 bits per heavy atom. The summed E-state index contributed by atoms with van der Waals surface area (Å²) in [6, 6.07) is 8.76. The van der Waals surface area contributed by atoms with Crippen molar-refractivity contribution < 1.29 is 13.9 Å². The number of amides is 1. The van der Waals surface area contributed by atoms with Gasteiger partial charge in [0, 0.05) is 38.4 Å².